The predicted molar refractivity (Wildman–Crippen MR) is 78.7 cm³/mol. The molecule has 0 aliphatic carbocycles. The van der Waals surface area contributed by atoms with Crippen molar-refractivity contribution in [1.82, 2.24) is 0 Å². The molecule has 0 saturated carbocycles. The first-order chi connectivity index (χ1) is 9.51. The van der Waals surface area contributed by atoms with Crippen molar-refractivity contribution in [1.29, 1.82) is 0 Å². The van der Waals surface area contributed by atoms with Crippen LogP contribution in [0.5, 0.6) is 17.2 Å². The van der Waals surface area contributed by atoms with E-state index in [1.54, 1.807) is 25.3 Å². The van der Waals surface area contributed by atoms with Crippen molar-refractivity contribution in [3.8, 4) is 17.2 Å². The monoisotopic (exact) mass is 271 g/mol. The molecule has 0 amide bonds. The molecule has 4 heteroatoms. The summed E-state index contributed by atoms with van der Waals surface area (Å²) in [6.07, 6.45) is 0. The van der Waals surface area contributed by atoms with Gasteiger partial charge in [-0.05, 0) is 43.7 Å². The van der Waals surface area contributed by atoms with E-state index in [0.29, 0.717) is 28.5 Å². The van der Waals surface area contributed by atoms with Gasteiger partial charge in [0.1, 0.15) is 5.75 Å². The van der Waals surface area contributed by atoms with Gasteiger partial charge in [0.05, 0.1) is 7.11 Å². The fourth-order valence-electron chi connectivity index (χ4n) is 1.91. The van der Waals surface area contributed by atoms with Crippen LogP contribution in [0.25, 0.3) is 0 Å². The molecule has 0 saturated heterocycles. The summed E-state index contributed by atoms with van der Waals surface area (Å²) in [5.41, 5.74) is 7.82. The maximum Gasteiger partial charge on any atom is 0.169 e. The molecule has 0 aliphatic heterocycles. The number of ketones is 1. The van der Waals surface area contributed by atoms with Crippen LogP contribution in [0.15, 0.2) is 36.4 Å². The second-order valence-corrected chi connectivity index (χ2v) is 4.56. The molecule has 0 aromatic heterocycles. The fourth-order valence-corrected chi connectivity index (χ4v) is 1.91. The van der Waals surface area contributed by atoms with E-state index < -0.39 is 0 Å². The summed E-state index contributed by atoms with van der Waals surface area (Å²) in [7, 11) is 1.59. The number of carbonyl (C=O) groups is 1. The van der Waals surface area contributed by atoms with Crippen molar-refractivity contribution >= 4 is 11.5 Å². The SMILES string of the molecule is COc1cc(C)ccc1Oc1ccc(C(C)=O)c(N)c1. The third kappa shape index (κ3) is 2.91. The van der Waals surface area contributed by atoms with Gasteiger partial charge in [-0.2, -0.15) is 0 Å². The molecule has 0 radical (unpaired) electrons. The number of Topliss-reactive ketones (excluding diaryl/α,β-unsaturated/α-hetero) is 1. The lowest BCUT2D eigenvalue weighted by molar-refractivity contribution is 0.101. The standard InChI is InChI=1S/C16H17NO3/c1-10-4-7-15(16(8-10)19-3)20-12-5-6-13(11(2)18)14(17)9-12/h4-9H,17H2,1-3H3. The van der Waals surface area contributed by atoms with E-state index in [0.717, 1.165) is 5.56 Å². The smallest absolute Gasteiger partial charge is 0.169 e. The molecular formula is C16H17NO3. The van der Waals surface area contributed by atoms with E-state index in [2.05, 4.69) is 0 Å². The fraction of sp³-hybridized carbons (Fsp3) is 0.188. The maximum atomic E-state index is 11.3. The van der Waals surface area contributed by atoms with Gasteiger partial charge in [-0.1, -0.05) is 6.07 Å². The lowest BCUT2D eigenvalue weighted by Crippen LogP contribution is -2.00. The molecule has 4 nitrogen and oxygen atoms in total. The minimum atomic E-state index is -0.0676. The van der Waals surface area contributed by atoms with Crippen molar-refractivity contribution in [2.45, 2.75) is 13.8 Å². The summed E-state index contributed by atoms with van der Waals surface area (Å²) in [6, 6.07) is 10.7. The van der Waals surface area contributed by atoms with E-state index in [9.17, 15) is 4.79 Å². The van der Waals surface area contributed by atoms with Gasteiger partial charge in [0.15, 0.2) is 17.3 Å². The molecule has 0 heterocycles. The Kier molecular flexibility index (Phi) is 3.94. The zero-order valence-corrected chi connectivity index (χ0v) is 11.8. The summed E-state index contributed by atoms with van der Waals surface area (Å²) < 4.78 is 11.0. The minimum absolute atomic E-state index is 0.0676. The predicted octanol–water partition coefficient (Wildman–Crippen LogP) is 3.58. The number of benzene rings is 2. The van der Waals surface area contributed by atoms with Crippen LogP contribution in [0, 0.1) is 6.92 Å². The van der Waals surface area contributed by atoms with Gasteiger partial charge >= 0.3 is 0 Å². The largest absolute Gasteiger partial charge is 0.493 e. The molecule has 2 rings (SSSR count). The first-order valence-corrected chi connectivity index (χ1v) is 6.24. The first kappa shape index (κ1) is 13.9. The van der Waals surface area contributed by atoms with Gasteiger partial charge < -0.3 is 15.2 Å². The molecule has 0 atom stereocenters. The third-order valence-electron chi connectivity index (χ3n) is 2.95. The first-order valence-electron chi connectivity index (χ1n) is 6.24. The van der Waals surface area contributed by atoms with Gasteiger partial charge in [0, 0.05) is 17.3 Å². The summed E-state index contributed by atoms with van der Waals surface area (Å²) in [6.45, 7) is 3.46. The van der Waals surface area contributed by atoms with Crippen LogP contribution in [0.2, 0.25) is 0 Å². The van der Waals surface area contributed by atoms with E-state index in [1.807, 2.05) is 25.1 Å². The Morgan fingerprint density at radius 1 is 1.10 bits per heavy atom. The minimum Gasteiger partial charge on any atom is -0.493 e. The van der Waals surface area contributed by atoms with Gasteiger partial charge in [-0.3, -0.25) is 4.79 Å². The number of carbonyl (C=O) groups excluding carboxylic acids is 1. The molecule has 0 aliphatic rings. The van der Waals surface area contributed by atoms with Crippen LogP contribution in [-0.4, -0.2) is 12.9 Å². The third-order valence-corrected chi connectivity index (χ3v) is 2.95. The number of methoxy groups -OCH3 is 1. The Bertz CT molecular complexity index is 650. The molecule has 0 spiro atoms. The molecule has 2 N–H and O–H groups in total. The number of hydrogen-bond donors (Lipinski definition) is 1. The Morgan fingerprint density at radius 2 is 1.85 bits per heavy atom. The molecule has 2 aromatic rings. The normalized spacial score (nSPS) is 10.2. The van der Waals surface area contributed by atoms with Crippen LogP contribution in [0.1, 0.15) is 22.8 Å². The van der Waals surface area contributed by atoms with Crippen LogP contribution >= 0.6 is 0 Å². The summed E-state index contributed by atoms with van der Waals surface area (Å²) in [5.74, 6) is 1.75. The highest BCUT2D eigenvalue weighted by atomic mass is 16.5. The molecule has 20 heavy (non-hydrogen) atoms. The number of hydrogen-bond acceptors (Lipinski definition) is 4. The maximum absolute atomic E-state index is 11.3. The number of anilines is 1. The molecule has 2 aromatic carbocycles. The zero-order chi connectivity index (χ0) is 14.7. The summed E-state index contributed by atoms with van der Waals surface area (Å²) in [5, 5.41) is 0. The van der Waals surface area contributed by atoms with E-state index in [1.165, 1.54) is 6.92 Å². The van der Waals surface area contributed by atoms with Crippen LogP contribution in [0.4, 0.5) is 5.69 Å². The quantitative estimate of drug-likeness (QED) is 0.682. The van der Waals surface area contributed by atoms with Gasteiger partial charge in [-0.25, -0.2) is 0 Å². The molecule has 104 valence electrons. The summed E-state index contributed by atoms with van der Waals surface area (Å²) in [4.78, 5) is 11.3. The lowest BCUT2D eigenvalue weighted by atomic mass is 10.1. The average molecular weight is 271 g/mol. The van der Waals surface area contributed by atoms with E-state index >= 15 is 0 Å². The Hall–Kier alpha value is -2.49. The number of ether oxygens (including phenoxy) is 2. The van der Waals surface area contributed by atoms with Crippen molar-refractivity contribution in [3.05, 3.63) is 47.5 Å². The number of aryl methyl sites for hydroxylation is 1. The van der Waals surface area contributed by atoms with Crippen molar-refractivity contribution in [2.75, 3.05) is 12.8 Å². The number of nitrogens with two attached hydrogens (primary N) is 1. The number of rotatable bonds is 4. The Labute approximate surface area is 118 Å². The lowest BCUT2D eigenvalue weighted by Gasteiger charge is -2.12. The molecule has 0 unspecified atom stereocenters. The molecule has 0 fully saturated rings. The average Bonchev–Trinajstić information content (AvgIpc) is 2.40. The molecular weight excluding hydrogens is 254 g/mol. The van der Waals surface area contributed by atoms with Gasteiger partial charge in [0.25, 0.3) is 0 Å². The Morgan fingerprint density at radius 3 is 2.45 bits per heavy atom. The van der Waals surface area contributed by atoms with Crippen LogP contribution < -0.4 is 15.2 Å². The summed E-state index contributed by atoms with van der Waals surface area (Å²) >= 11 is 0. The second kappa shape index (κ2) is 5.65. The van der Waals surface area contributed by atoms with Crippen molar-refractivity contribution in [2.24, 2.45) is 0 Å². The van der Waals surface area contributed by atoms with E-state index in [-0.39, 0.29) is 5.78 Å². The van der Waals surface area contributed by atoms with Crippen LogP contribution in [0.3, 0.4) is 0 Å². The van der Waals surface area contributed by atoms with Crippen molar-refractivity contribution in [3.63, 3.8) is 0 Å². The topological polar surface area (TPSA) is 61.5 Å². The van der Waals surface area contributed by atoms with Gasteiger partial charge in [0.2, 0.25) is 0 Å². The highest BCUT2D eigenvalue weighted by Gasteiger charge is 2.09. The highest BCUT2D eigenvalue weighted by Crippen LogP contribution is 2.33. The zero-order valence-electron chi connectivity index (χ0n) is 11.8. The van der Waals surface area contributed by atoms with Crippen molar-refractivity contribution < 1.29 is 14.3 Å². The van der Waals surface area contributed by atoms with Crippen LogP contribution in [-0.2, 0) is 0 Å². The number of nitrogen functional groups attached to an aromatic ring is 1. The van der Waals surface area contributed by atoms with Gasteiger partial charge in [-0.15, -0.1) is 0 Å². The van der Waals surface area contributed by atoms with E-state index in [4.69, 9.17) is 15.2 Å². The highest BCUT2D eigenvalue weighted by molar-refractivity contribution is 5.99. The second-order valence-electron chi connectivity index (χ2n) is 4.56. The Balaban J connectivity index is 2.31. The molecule has 0 bridgehead atoms.